The first-order valence-electron chi connectivity index (χ1n) is 11.6. The average Bonchev–Trinajstić information content (AvgIpc) is 3.19. The second-order valence-corrected chi connectivity index (χ2v) is 11.5. The Morgan fingerprint density at radius 1 is 1.18 bits per heavy atom. The van der Waals surface area contributed by atoms with Crippen LogP contribution in [-0.2, 0) is 9.53 Å². The van der Waals surface area contributed by atoms with Crippen molar-refractivity contribution in [1.29, 1.82) is 0 Å². The highest BCUT2D eigenvalue weighted by Crippen LogP contribution is 2.53. The van der Waals surface area contributed by atoms with Gasteiger partial charge in [0.05, 0.1) is 5.56 Å². The number of benzene rings is 1. The van der Waals surface area contributed by atoms with Gasteiger partial charge in [0, 0.05) is 40.0 Å². The number of halogens is 1. The topological polar surface area (TPSA) is 66.8 Å². The average molecular weight is 484 g/mol. The van der Waals surface area contributed by atoms with Gasteiger partial charge in [-0.15, -0.1) is 11.8 Å². The Labute approximate surface area is 204 Å². The quantitative estimate of drug-likeness (QED) is 0.524. The van der Waals surface area contributed by atoms with Crippen molar-refractivity contribution in [3.8, 4) is 11.8 Å². The van der Waals surface area contributed by atoms with Crippen molar-refractivity contribution in [3.05, 3.63) is 57.0 Å². The zero-order chi connectivity index (χ0) is 24.8. The highest BCUT2D eigenvalue weighted by Gasteiger charge is 2.45. The molecule has 0 aromatic heterocycles. The molecule has 34 heavy (non-hydrogen) atoms. The summed E-state index contributed by atoms with van der Waals surface area (Å²) >= 11 is 1.63. The molecule has 0 radical (unpaired) electrons. The molecule has 5 nitrogen and oxygen atoms in total. The minimum absolute atomic E-state index is 0.00677. The highest BCUT2D eigenvalue weighted by atomic mass is 32.2. The second-order valence-electron chi connectivity index (χ2n) is 10.3. The molecule has 180 valence electrons. The zero-order valence-corrected chi connectivity index (χ0v) is 21.1. The van der Waals surface area contributed by atoms with E-state index in [1.54, 1.807) is 28.8 Å². The van der Waals surface area contributed by atoms with Crippen LogP contribution in [0.15, 0.2) is 40.1 Å². The number of ketones is 1. The normalized spacial score (nSPS) is 20.6. The van der Waals surface area contributed by atoms with Gasteiger partial charge < -0.3 is 9.84 Å². The molecule has 1 aromatic rings. The molecular formula is C27H30FNO4S. The number of aliphatic hydroxyl groups is 1. The minimum Gasteiger partial charge on any atom is -0.443 e. The van der Waals surface area contributed by atoms with E-state index in [1.807, 2.05) is 20.8 Å². The van der Waals surface area contributed by atoms with E-state index in [9.17, 15) is 19.1 Å². The van der Waals surface area contributed by atoms with Gasteiger partial charge in [0.1, 0.15) is 17.0 Å². The first-order valence-corrected chi connectivity index (χ1v) is 12.5. The Hall–Kier alpha value is -2.56. The molecule has 0 fully saturated rings. The Kier molecular flexibility index (Phi) is 6.43. The van der Waals surface area contributed by atoms with Gasteiger partial charge >= 0.3 is 6.09 Å². The summed E-state index contributed by atoms with van der Waals surface area (Å²) < 4.78 is 20.3. The number of thioether (sulfide) groups is 1. The maximum absolute atomic E-state index is 14.6. The van der Waals surface area contributed by atoms with Crippen LogP contribution in [0.1, 0.15) is 77.3 Å². The van der Waals surface area contributed by atoms with Crippen LogP contribution in [0.25, 0.3) is 0 Å². The standard InChI is InChI=1S/C27H30FNO4S/c1-26(2,3)33-25(31)29-19-7-6-8-21(30)23(19)22(24-20(29)12-14-34-24)17-9-10-18(28)16(15-17)11-13-27(4,5)32/h9-10,15,22,32H,6-8,12,14H2,1-5H3. The first-order chi connectivity index (χ1) is 15.9. The lowest BCUT2D eigenvalue weighted by Gasteiger charge is -2.39. The van der Waals surface area contributed by atoms with Gasteiger partial charge in [0.25, 0.3) is 0 Å². The van der Waals surface area contributed by atoms with Crippen molar-refractivity contribution >= 4 is 23.6 Å². The molecule has 1 unspecified atom stereocenters. The third-order valence-corrected chi connectivity index (χ3v) is 6.99. The molecule has 1 N–H and O–H groups in total. The van der Waals surface area contributed by atoms with Crippen molar-refractivity contribution in [2.75, 3.05) is 5.75 Å². The molecular weight excluding hydrogens is 453 g/mol. The van der Waals surface area contributed by atoms with Crippen molar-refractivity contribution in [2.24, 2.45) is 0 Å². The van der Waals surface area contributed by atoms with Gasteiger partial charge in [-0.1, -0.05) is 17.9 Å². The Morgan fingerprint density at radius 3 is 2.59 bits per heavy atom. The first kappa shape index (κ1) is 24.6. The van der Waals surface area contributed by atoms with Gasteiger partial charge in [-0.3, -0.25) is 9.69 Å². The molecule has 0 bridgehead atoms. The molecule has 1 aliphatic carbocycles. The zero-order valence-electron chi connectivity index (χ0n) is 20.3. The molecule has 0 spiro atoms. The molecule has 0 saturated carbocycles. The monoisotopic (exact) mass is 483 g/mol. The summed E-state index contributed by atoms with van der Waals surface area (Å²) in [5.41, 5.74) is 1.17. The fraction of sp³-hybridized carbons (Fsp3) is 0.481. The van der Waals surface area contributed by atoms with Crippen LogP contribution in [0.5, 0.6) is 0 Å². The van der Waals surface area contributed by atoms with Crippen LogP contribution in [0.2, 0.25) is 0 Å². The summed E-state index contributed by atoms with van der Waals surface area (Å²) in [7, 11) is 0. The Balaban J connectivity index is 1.86. The molecule has 7 heteroatoms. The van der Waals surface area contributed by atoms with E-state index in [0.29, 0.717) is 37.0 Å². The molecule has 1 aromatic carbocycles. The van der Waals surface area contributed by atoms with E-state index in [0.717, 1.165) is 21.9 Å². The summed E-state index contributed by atoms with van der Waals surface area (Å²) in [4.78, 5) is 29.1. The fourth-order valence-corrected chi connectivity index (χ4v) is 5.82. The number of rotatable bonds is 1. The van der Waals surface area contributed by atoms with E-state index in [2.05, 4.69) is 11.8 Å². The number of amides is 1. The maximum Gasteiger partial charge on any atom is 0.418 e. The van der Waals surface area contributed by atoms with E-state index in [1.165, 1.54) is 19.9 Å². The molecule has 1 amide bonds. The lowest BCUT2D eigenvalue weighted by molar-refractivity contribution is -0.116. The smallest absolute Gasteiger partial charge is 0.418 e. The van der Waals surface area contributed by atoms with Gasteiger partial charge in [0.15, 0.2) is 5.78 Å². The van der Waals surface area contributed by atoms with Crippen molar-refractivity contribution in [2.45, 2.75) is 77.4 Å². The van der Waals surface area contributed by atoms with E-state index < -0.39 is 23.1 Å². The number of Topliss-reactive ketones (excluding diaryl/α,β-unsaturated/α-hetero) is 1. The van der Waals surface area contributed by atoms with E-state index >= 15 is 0 Å². The van der Waals surface area contributed by atoms with E-state index in [4.69, 9.17) is 4.74 Å². The van der Waals surface area contributed by atoms with E-state index in [-0.39, 0.29) is 17.3 Å². The van der Waals surface area contributed by atoms with Crippen LogP contribution in [0, 0.1) is 17.7 Å². The third kappa shape index (κ3) is 4.94. The molecule has 2 heterocycles. The molecule has 3 aliphatic rings. The summed E-state index contributed by atoms with van der Waals surface area (Å²) in [6.07, 6.45) is 1.92. The van der Waals surface area contributed by atoms with Crippen LogP contribution < -0.4 is 0 Å². The van der Waals surface area contributed by atoms with Gasteiger partial charge in [0.2, 0.25) is 0 Å². The number of hydrogen-bond donors (Lipinski definition) is 1. The van der Waals surface area contributed by atoms with Crippen LogP contribution >= 0.6 is 11.8 Å². The maximum atomic E-state index is 14.6. The Bertz CT molecular complexity index is 1170. The summed E-state index contributed by atoms with van der Waals surface area (Å²) in [6.45, 7) is 8.56. The van der Waals surface area contributed by atoms with Crippen LogP contribution in [0.4, 0.5) is 9.18 Å². The fourth-order valence-electron chi connectivity index (χ4n) is 4.52. The lowest BCUT2D eigenvalue weighted by Crippen LogP contribution is -2.41. The van der Waals surface area contributed by atoms with Gasteiger partial charge in [-0.05, 0) is 71.6 Å². The molecule has 4 rings (SSSR count). The summed E-state index contributed by atoms with van der Waals surface area (Å²) in [5.74, 6) is 5.36. The molecule has 2 aliphatic heterocycles. The molecule has 0 saturated heterocycles. The number of allylic oxidation sites excluding steroid dienone is 4. The number of hydrogen-bond acceptors (Lipinski definition) is 5. The lowest BCUT2D eigenvalue weighted by atomic mass is 9.78. The summed E-state index contributed by atoms with van der Waals surface area (Å²) in [6, 6.07) is 4.71. The predicted octanol–water partition coefficient (Wildman–Crippen LogP) is 5.64. The third-order valence-electron chi connectivity index (χ3n) is 5.80. The summed E-state index contributed by atoms with van der Waals surface area (Å²) in [5, 5.41) is 9.95. The minimum atomic E-state index is -1.26. The van der Waals surface area contributed by atoms with Crippen LogP contribution in [-0.4, -0.2) is 38.8 Å². The number of nitrogens with zero attached hydrogens (tertiary/aromatic N) is 1. The highest BCUT2D eigenvalue weighted by molar-refractivity contribution is 8.03. The van der Waals surface area contributed by atoms with Gasteiger partial charge in [-0.25, -0.2) is 9.18 Å². The number of carbonyl (C=O) groups excluding carboxylic acids is 2. The Morgan fingerprint density at radius 2 is 1.91 bits per heavy atom. The predicted molar refractivity (Wildman–Crippen MR) is 130 cm³/mol. The largest absolute Gasteiger partial charge is 0.443 e. The second kappa shape index (κ2) is 8.90. The van der Waals surface area contributed by atoms with Crippen molar-refractivity contribution in [1.82, 2.24) is 4.90 Å². The number of ether oxygens (including phenoxy) is 1. The SMILES string of the molecule is CC(C)(O)C#Cc1cc(C2C3=C(CCS3)N(C(=O)OC(C)(C)C)C3=C2C(=O)CCC3)ccc1F. The number of carbonyl (C=O) groups is 2. The van der Waals surface area contributed by atoms with Crippen molar-refractivity contribution < 1.29 is 23.8 Å². The van der Waals surface area contributed by atoms with Crippen molar-refractivity contribution in [3.63, 3.8) is 0 Å². The van der Waals surface area contributed by atoms with Crippen LogP contribution in [0.3, 0.4) is 0 Å². The van der Waals surface area contributed by atoms with Gasteiger partial charge in [-0.2, -0.15) is 0 Å². The molecule has 1 atom stereocenters.